The number of rotatable bonds is 4. The zero-order chi connectivity index (χ0) is 13.7. The first-order valence-corrected chi connectivity index (χ1v) is 5.84. The van der Waals surface area contributed by atoms with Gasteiger partial charge in [-0.3, -0.25) is 0 Å². The van der Waals surface area contributed by atoms with Crippen LogP contribution < -0.4 is 0 Å². The zero-order valence-corrected chi connectivity index (χ0v) is 11.0. The molecular weight excluding hydrogens is 228 g/mol. The van der Waals surface area contributed by atoms with Crippen LogP contribution in [0.1, 0.15) is 50.7 Å². The summed E-state index contributed by atoms with van der Waals surface area (Å²) in [6.07, 6.45) is 3.13. The Labute approximate surface area is 106 Å². The SMILES string of the molecule is CC(C)c1cc(N=C=O)cc(C(C)C)c1N=C=O. The van der Waals surface area contributed by atoms with Gasteiger partial charge in [0.15, 0.2) is 0 Å². The van der Waals surface area contributed by atoms with Crippen molar-refractivity contribution >= 4 is 23.5 Å². The van der Waals surface area contributed by atoms with E-state index in [4.69, 9.17) is 0 Å². The lowest BCUT2D eigenvalue weighted by Crippen LogP contribution is -1.95. The molecule has 0 spiro atoms. The molecule has 0 unspecified atom stereocenters. The minimum Gasteiger partial charge on any atom is -0.211 e. The van der Waals surface area contributed by atoms with Crippen molar-refractivity contribution < 1.29 is 9.59 Å². The fraction of sp³-hybridized carbons (Fsp3) is 0.429. The van der Waals surface area contributed by atoms with E-state index >= 15 is 0 Å². The normalized spacial score (nSPS) is 10.1. The van der Waals surface area contributed by atoms with E-state index in [2.05, 4.69) is 9.98 Å². The molecule has 0 aromatic heterocycles. The van der Waals surface area contributed by atoms with Crippen LogP contribution in [0.25, 0.3) is 0 Å². The van der Waals surface area contributed by atoms with Crippen molar-refractivity contribution in [1.29, 1.82) is 0 Å². The summed E-state index contributed by atoms with van der Waals surface area (Å²) < 4.78 is 0. The van der Waals surface area contributed by atoms with E-state index in [9.17, 15) is 9.59 Å². The van der Waals surface area contributed by atoms with E-state index in [-0.39, 0.29) is 11.8 Å². The number of isocyanates is 2. The van der Waals surface area contributed by atoms with Gasteiger partial charge in [-0.15, -0.1) is 0 Å². The highest BCUT2D eigenvalue weighted by Gasteiger charge is 2.15. The van der Waals surface area contributed by atoms with Crippen LogP contribution in [-0.2, 0) is 9.59 Å². The largest absolute Gasteiger partial charge is 0.240 e. The van der Waals surface area contributed by atoms with E-state index in [1.807, 2.05) is 27.7 Å². The van der Waals surface area contributed by atoms with E-state index in [1.165, 1.54) is 6.08 Å². The first-order valence-electron chi connectivity index (χ1n) is 5.84. The molecule has 0 N–H and O–H groups in total. The number of benzene rings is 1. The molecule has 0 saturated heterocycles. The molecule has 0 atom stereocenters. The third-order valence-corrected chi connectivity index (χ3v) is 2.73. The summed E-state index contributed by atoms with van der Waals surface area (Å²) in [7, 11) is 0. The maximum atomic E-state index is 10.6. The maximum absolute atomic E-state index is 10.6. The second kappa shape index (κ2) is 6.06. The van der Waals surface area contributed by atoms with Crippen molar-refractivity contribution in [1.82, 2.24) is 0 Å². The highest BCUT2D eigenvalue weighted by atomic mass is 16.1. The Morgan fingerprint density at radius 1 is 0.889 bits per heavy atom. The molecule has 0 heterocycles. The summed E-state index contributed by atoms with van der Waals surface area (Å²) in [6.45, 7) is 7.99. The van der Waals surface area contributed by atoms with E-state index in [0.717, 1.165) is 11.1 Å². The van der Waals surface area contributed by atoms with Crippen LogP contribution in [0, 0.1) is 0 Å². The minimum absolute atomic E-state index is 0.177. The Kier molecular flexibility index (Phi) is 4.73. The summed E-state index contributed by atoms with van der Waals surface area (Å²) in [4.78, 5) is 28.4. The monoisotopic (exact) mass is 244 g/mol. The van der Waals surface area contributed by atoms with E-state index in [1.54, 1.807) is 18.2 Å². The lowest BCUT2D eigenvalue weighted by Gasteiger charge is -2.16. The average molecular weight is 244 g/mol. The molecule has 4 heteroatoms. The zero-order valence-electron chi connectivity index (χ0n) is 11.0. The van der Waals surface area contributed by atoms with Crippen LogP contribution in [0.2, 0.25) is 0 Å². The lowest BCUT2D eigenvalue weighted by molar-refractivity contribution is 0.564. The molecular formula is C14H16N2O2. The van der Waals surface area contributed by atoms with Gasteiger partial charge in [-0.05, 0) is 35.1 Å². The van der Waals surface area contributed by atoms with Crippen LogP contribution in [0.15, 0.2) is 22.1 Å². The van der Waals surface area contributed by atoms with Crippen molar-refractivity contribution in [2.45, 2.75) is 39.5 Å². The quantitative estimate of drug-likeness (QED) is 0.596. The van der Waals surface area contributed by atoms with Crippen molar-refractivity contribution in [3.63, 3.8) is 0 Å². The van der Waals surface area contributed by atoms with Crippen LogP contribution >= 0.6 is 0 Å². The molecule has 0 bridgehead atoms. The molecule has 1 aromatic carbocycles. The Morgan fingerprint density at radius 3 is 1.67 bits per heavy atom. The maximum Gasteiger partial charge on any atom is 0.240 e. The third kappa shape index (κ3) is 3.01. The van der Waals surface area contributed by atoms with Gasteiger partial charge in [0.05, 0.1) is 11.4 Å². The smallest absolute Gasteiger partial charge is 0.211 e. The van der Waals surface area contributed by atoms with Crippen molar-refractivity contribution in [2.75, 3.05) is 0 Å². The highest BCUT2D eigenvalue weighted by molar-refractivity contribution is 5.66. The fourth-order valence-corrected chi connectivity index (χ4v) is 1.84. The molecule has 1 aromatic rings. The Morgan fingerprint density at radius 2 is 1.33 bits per heavy atom. The summed E-state index contributed by atoms with van der Waals surface area (Å²) in [6, 6.07) is 3.52. The van der Waals surface area contributed by atoms with E-state index in [0.29, 0.717) is 11.4 Å². The molecule has 0 amide bonds. The summed E-state index contributed by atoms with van der Waals surface area (Å²) in [5.41, 5.74) is 2.96. The predicted octanol–water partition coefficient (Wildman–Crippen LogP) is 3.87. The standard InChI is InChI=1S/C14H16N2O2/c1-9(2)12-5-11(15-7-17)6-13(10(3)4)14(12)16-8-18/h5-6,9-10H,1-4H3. The van der Waals surface area contributed by atoms with Gasteiger partial charge in [-0.25, -0.2) is 9.59 Å². The van der Waals surface area contributed by atoms with Gasteiger partial charge in [0.2, 0.25) is 12.2 Å². The average Bonchev–Trinajstić information content (AvgIpc) is 2.30. The number of hydrogen-bond acceptors (Lipinski definition) is 4. The molecule has 0 aliphatic heterocycles. The molecule has 94 valence electrons. The van der Waals surface area contributed by atoms with Crippen molar-refractivity contribution in [2.24, 2.45) is 9.98 Å². The number of carbonyl (C=O) groups excluding carboxylic acids is 2. The molecule has 0 aliphatic rings. The Bertz CT molecular complexity index is 506. The molecule has 4 nitrogen and oxygen atoms in total. The second-order valence-corrected chi connectivity index (χ2v) is 4.69. The van der Waals surface area contributed by atoms with Gasteiger partial charge in [-0.1, -0.05) is 27.7 Å². The summed E-state index contributed by atoms with van der Waals surface area (Å²) in [5, 5.41) is 0. The van der Waals surface area contributed by atoms with E-state index < -0.39 is 0 Å². The molecule has 0 saturated carbocycles. The molecule has 0 radical (unpaired) electrons. The van der Waals surface area contributed by atoms with Gasteiger partial charge in [-0.2, -0.15) is 9.98 Å². The van der Waals surface area contributed by atoms with Gasteiger partial charge in [0.25, 0.3) is 0 Å². The number of hydrogen-bond donors (Lipinski definition) is 0. The van der Waals surface area contributed by atoms with Gasteiger partial charge < -0.3 is 0 Å². The van der Waals surface area contributed by atoms with Crippen LogP contribution in [0.4, 0.5) is 11.4 Å². The molecule has 0 fully saturated rings. The Hall–Kier alpha value is -2.02. The summed E-state index contributed by atoms with van der Waals surface area (Å²) >= 11 is 0. The third-order valence-electron chi connectivity index (χ3n) is 2.73. The van der Waals surface area contributed by atoms with Gasteiger partial charge in [0.1, 0.15) is 0 Å². The lowest BCUT2D eigenvalue weighted by atomic mass is 9.92. The molecule has 1 rings (SSSR count). The van der Waals surface area contributed by atoms with Crippen molar-refractivity contribution in [3.05, 3.63) is 23.3 Å². The van der Waals surface area contributed by atoms with Crippen LogP contribution in [0.5, 0.6) is 0 Å². The predicted molar refractivity (Wildman–Crippen MR) is 70.2 cm³/mol. The van der Waals surface area contributed by atoms with Crippen molar-refractivity contribution in [3.8, 4) is 0 Å². The topological polar surface area (TPSA) is 58.9 Å². The molecule has 18 heavy (non-hydrogen) atoms. The minimum atomic E-state index is 0.177. The second-order valence-electron chi connectivity index (χ2n) is 4.69. The number of aliphatic imine (C=N–C) groups is 2. The highest BCUT2D eigenvalue weighted by Crippen LogP contribution is 2.37. The van der Waals surface area contributed by atoms with Crippen LogP contribution in [-0.4, -0.2) is 12.2 Å². The van der Waals surface area contributed by atoms with Gasteiger partial charge in [0, 0.05) is 0 Å². The van der Waals surface area contributed by atoms with Gasteiger partial charge >= 0.3 is 0 Å². The Balaban J connectivity index is 3.64. The first-order chi connectivity index (χ1) is 8.51. The fourth-order valence-electron chi connectivity index (χ4n) is 1.84. The number of nitrogens with zero attached hydrogens (tertiary/aromatic N) is 2. The first kappa shape index (κ1) is 14.0. The molecule has 0 aliphatic carbocycles. The van der Waals surface area contributed by atoms with Crippen LogP contribution in [0.3, 0.4) is 0 Å². The summed E-state index contributed by atoms with van der Waals surface area (Å²) in [5.74, 6) is 0.354.